The molecular formula is C16H22ClN3O. The Morgan fingerprint density at radius 1 is 1.33 bits per heavy atom. The summed E-state index contributed by atoms with van der Waals surface area (Å²) in [5.74, 6) is 0.418. The van der Waals surface area contributed by atoms with Crippen molar-refractivity contribution < 1.29 is 4.74 Å². The lowest BCUT2D eigenvalue weighted by Gasteiger charge is -2.11. The molecule has 5 heteroatoms. The van der Waals surface area contributed by atoms with Crippen LogP contribution in [0.15, 0.2) is 30.5 Å². The monoisotopic (exact) mass is 307 g/mol. The van der Waals surface area contributed by atoms with Gasteiger partial charge in [-0.25, -0.2) is 4.68 Å². The standard InChI is InChI=1S/C16H22ClN3O/c1-12(2)15-6-8-20(19-15)16-5-4-14(17)10-13(16)11-18-7-9-21-3/h4-6,8,10,12,18H,7,9,11H2,1-3H3. The van der Waals surface area contributed by atoms with Crippen molar-refractivity contribution in [1.82, 2.24) is 15.1 Å². The summed E-state index contributed by atoms with van der Waals surface area (Å²) < 4.78 is 6.96. The SMILES string of the molecule is COCCNCc1cc(Cl)ccc1-n1ccc(C(C)C)n1. The second-order valence-electron chi connectivity index (χ2n) is 5.28. The van der Waals surface area contributed by atoms with Crippen molar-refractivity contribution in [2.45, 2.75) is 26.3 Å². The van der Waals surface area contributed by atoms with Gasteiger partial charge < -0.3 is 10.1 Å². The summed E-state index contributed by atoms with van der Waals surface area (Å²) in [5, 5.41) is 8.72. The van der Waals surface area contributed by atoms with Crippen LogP contribution in [0.5, 0.6) is 0 Å². The fraction of sp³-hybridized carbons (Fsp3) is 0.438. The maximum atomic E-state index is 6.12. The minimum Gasteiger partial charge on any atom is -0.383 e. The van der Waals surface area contributed by atoms with Gasteiger partial charge in [-0.15, -0.1) is 0 Å². The zero-order valence-electron chi connectivity index (χ0n) is 12.8. The topological polar surface area (TPSA) is 39.1 Å². The molecule has 2 aromatic rings. The molecule has 0 aliphatic carbocycles. The van der Waals surface area contributed by atoms with Crippen molar-refractivity contribution >= 4 is 11.6 Å². The van der Waals surface area contributed by atoms with Crippen LogP contribution < -0.4 is 5.32 Å². The minimum absolute atomic E-state index is 0.418. The van der Waals surface area contributed by atoms with Crippen molar-refractivity contribution in [2.24, 2.45) is 0 Å². The molecule has 0 atom stereocenters. The van der Waals surface area contributed by atoms with Crippen molar-refractivity contribution in [3.05, 3.63) is 46.7 Å². The van der Waals surface area contributed by atoms with Crippen LogP contribution in [0.2, 0.25) is 5.02 Å². The quantitative estimate of drug-likeness (QED) is 0.797. The molecule has 0 aliphatic heterocycles. The molecule has 0 unspecified atom stereocenters. The van der Waals surface area contributed by atoms with Crippen LogP contribution in [0, 0.1) is 0 Å². The van der Waals surface area contributed by atoms with Crippen molar-refractivity contribution in [3.63, 3.8) is 0 Å². The number of nitrogens with zero attached hydrogens (tertiary/aromatic N) is 2. The number of aromatic nitrogens is 2. The number of halogens is 1. The maximum Gasteiger partial charge on any atom is 0.0691 e. The molecule has 0 radical (unpaired) electrons. The van der Waals surface area contributed by atoms with Crippen LogP contribution in [0.1, 0.15) is 31.0 Å². The summed E-state index contributed by atoms with van der Waals surface area (Å²) in [7, 11) is 1.70. The minimum atomic E-state index is 0.418. The molecule has 114 valence electrons. The van der Waals surface area contributed by atoms with E-state index in [9.17, 15) is 0 Å². The average Bonchev–Trinajstić information content (AvgIpc) is 2.93. The predicted molar refractivity (Wildman–Crippen MR) is 86.2 cm³/mol. The number of benzene rings is 1. The molecule has 1 N–H and O–H groups in total. The van der Waals surface area contributed by atoms with Crippen LogP contribution in [0.25, 0.3) is 5.69 Å². The number of hydrogen-bond donors (Lipinski definition) is 1. The zero-order valence-corrected chi connectivity index (χ0v) is 13.5. The van der Waals surface area contributed by atoms with Gasteiger partial charge in [0.15, 0.2) is 0 Å². The van der Waals surface area contributed by atoms with E-state index in [1.807, 2.05) is 29.1 Å². The summed E-state index contributed by atoms with van der Waals surface area (Å²) in [6.07, 6.45) is 2.00. The van der Waals surface area contributed by atoms with Gasteiger partial charge in [0.25, 0.3) is 0 Å². The molecule has 1 heterocycles. The fourth-order valence-electron chi connectivity index (χ4n) is 2.10. The molecule has 0 spiro atoms. The van der Waals surface area contributed by atoms with Gasteiger partial charge in [-0.3, -0.25) is 0 Å². The second-order valence-corrected chi connectivity index (χ2v) is 5.72. The Hall–Kier alpha value is -1.36. The Bertz CT molecular complexity index is 581. The lowest BCUT2D eigenvalue weighted by molar-refractivity contribution is 0.199. The third-order valence-corrected chi connectivity index (χ3v) is 3.52. The summed E-state index contributed by atoms with van der Waals surface area (Å²) >= 11 is 6.12. The van der Waals surface area contributed by atoms with Crippen LogP contribution in [0.3, 0.4) is 0 Å². The van der Waals surface area contributed by atoms with Gasteiger partial charge in [0.2, 0.25) is 0 Å². The predicted octanol–water partition coefficient (Wildman–Crippen LogP) is 3.39. The van der Waals surface area contributed by atoms with E-state index in [1.54, 1.807) is 7.11 Å². The highest BCUT2D eigenvalue weighted by atomic mass is 35.5. The Morgan fingerprint density at radius 3 is 2.81 bits per heavy atom. The van der Waals surface area contributed by atoms with Gasteiger partial charge in [0.1, 0.15) is 0 Å². The highest BCUT2D eigenvalue weighted by Gasteiger charge is 2.09. The molecule has 0 amide bonds. The van der Waals surface area contributed by atoms with E-state index < -0.39 is 0 Å². The Labute approximate surface area is 131 Å². The maximum absolute atomic E-state index is 6.12. The first-order valence-electron chi connectivity index (χ1n) is 7.16. The second kappa shape index (κ2) is 7.59. The number of rotatable bonds is 7. The third-order valence-electron chi connectivity index (χ3n) is 3.29. The highest BCUT2D eigenvalue weighted by molar-refractivity contribution is 6.30. The lowest BCUT2D eigenvalue weighted by Crippen LogP contribution is -2.19. The van der Waals surface area contributed by atoms with Gasteiger partial charge in [-0.05, 0) is 35.7 Å². The van der Waals surface area contributed by atoms with E-state index in [-0.39, 0.29) is 0 Å². The molecule has 0 fully saturated rings. The number of nitrogens with one attached hydrogen (secondary N) is 1. The van der Waals surface area contributed by atoms with Gasteiger partial charge >= 0.3 is 0 Å². The first-order chi connectivity index (χ1) is 10.1. The smallest absolute Gasteiger partial charge is 0.0691 e. The number of methoxy groups -OCH3 is 1. The number of hydrogen-bond acceptors (Lipinski definition) is 3. The summed E-state index contributed by atoms with van der Waals surface area (Å²) in [6, 6.07) is 7.94. The first kappa shape index (κ1) is 16.0. The Balaban J connectivity index is 2.20. The molecule has 4 nitrogen and oxygen atoms in total. The van der Waals surface area contributed by atoms with Crippen LogP contribution >= 0.6 is 11.6 Å². The lowest BCUT2D eigenvalue weighted by atomic mass is 10.1. The van der Waals surface area contributed by atoms with E-state index in [4.69, 9.17) is 16.3 Å². The molecule has 0 bridgehead atoms. The highest BCUT2D eigenvalue weighted by Crippen LogP contribution is 2.21. The van der Waals surface area contributed by atoms with E-state index in [0.29, 0.717) is 12.5 Å². The first-order valence-corrected chi connectivity index (χ1v) is 7.53. The van der Waals surface area contributed by atoms with Gasteiger partial charge in [-0.2, -0.15) is 5.10 Å². The van der Waals surface area contributed by atoms with E-state index >= 15 is 0 Å². The molecule has 0 saturated heterocycles. The molecule has 21 heavy (non-hydrogen) atoms. The van der Waals surface area contributed by atoms with Gasteiger partial charge in [0.05, 0.1) is 18.0 Å². The van der Waals surface area contributed by atoms with Gasteiger partial charge in [-0.1, -0.05) is 25.4 Å². The molecule has 1 aromatic carbocycles. The summed E-state index contributed by atoms with van der Waals surface area (Å²) in [4.78, 5) is 0. The zero-order chi connectivity index (χ0) is 15.2. The summed E-state index contributed by atoms with van der Waals surface area (Å²) in [6.45, 7) is 6.51. The molecule has 1 aromatic heterocycles. The molecular weight excluding hydrogens is 286 g/mol. The molecule has 0 saturated carbocycles. The van der Waals surface area contributed by atoms with E-state index in [0.717, 1.165) is 35.1 Å². The van der Waals surface area contributed by atoms with Crippen molar-refractivity contribution in [1.29, 1.82) is 0 Å². The number of ether oxygens (including phenoxy) is 1. The van der Waals surface area contributed by atoms with Crippen molar-refractivity contribution in [3.8, 4) is 5.69 Å². The summed E-state index contributed by atoms with van der Waals surface area (Å²) in [5.41, 5.74) is 3.26. The van der Waals surface area contributed by atoms with Crippen LogP contribution in [-0.2, 0) is 11.3 Å². The largest absolute Gasteiger partial charge is 0.383 e. The Morgan fingerprint density at radius 2 is 2.14 bits per heavy atom. The third kappa shape index (κ3) is 4.30. The average molecular weight is 308 g/mol. The van der Waals surface area contributed by atoms with E-state index in [1.165, 1.54) is 0 Å². The molecule has 0 aliphatic rings. The fourth-order valence-corrected chi connectivity index (χ4v) is 2.29. The molecule has 2 rings (SSSR count). The van der Waals surface area contributed by atoms with E-state index in [2.05, 4.69) is 30.3 Å². The van der Waals surface area contributed by atoms with Crippen LogP contribution in [-0.4, -0.2) is 30.0 Å². The van der Waals surface area contributed by atoms with Crippen LogP contribution in [0.4, 0.5) is 0 Å². The normalized spacial score (nSPS) is 11.3. The Kier molecular flexibility index (Phi) is 5.79. The van der Waals surface area contributed by atoms with Gasteiger partial charge in [0, 0.05) is 31.4 Å². The van der Waals surface area contributed by atoms with Crippen molar-refractivity contribution in [2.75, 3.05) is 20.3 Å².